The Kier molecular flexibility index (Phi) is 4.26. The molecule has 1 aliphatic rings. The molecule has 0 N–H and O–H groups in total. The summed E-state index contributed by atoms with van der Waals surface area (Å²) < 4.78 is 25.4. The molecule has 5 heteroatoms. The highest BCUT2D eigenvalue weighted by atomic mass is 35.5. The van der Waals surface area contributed by atoms with Crippen LogP contribution in [0.15, 0.2) is 30.3 Å². The van der Waals surface area contributed by atoms with E-state index in [9.17, 15) is 9.18 Å². The van der Waals surface area contributed by atoms with E-state index in [4.69, 9.17) is 21.1 Å². The lowest BCUT2D eigenvalue weighted by atomic mass is 9.90. The second kappa shape index (κ2) is 6.10. The van der Waals surface area contributed by atoms with Crippen molar-refractivity contribution in [3.05, 3.63) is 57.9 Å². The first kappa shape index (κ1) is 16.8. The molecule has 0 aliphatic carbocycles. The molecule has 0 unspecified atom stereocenters. The molecular formula is C19H18ClFO3. The van der Waals surface area contributed by atoms with Gasteiger partial charge in [-0.1, -0.05) is 17.7 Å². The third-order valence-electron chi connectivity index (χ3n) is 3.97. The van der Waals surface area contributed by atoms with Crippen molar-refractivity contribution in [2.24, 2.45) is 0 Å². The van der Waals surface area contributed by atoms with Gasteiger partial charge in [-0.2, -0.15) is 0 Å². The minimum atomic E-state index is -0.552. The summed E-state index contributed by atoms with van der Waals surface area (Å²) in [6.45, 7) is 5.58. The monoisotopic (exact) mass is 348 g/mol. The van der Waals surface area contributed by atoms with E-state index < -0.39 is 11.4 Å². The Labute approximate surface area is 145 Å². The van der Waals surface area contributed by atoms with Crippen molar-refractivity contribution >= 4 is 17.4 Å². The van der Waals surface area contributed by atoms with E-state index in [1.165, 1.54) is 6.07 Å². The Morgan fingerprint density at radius 3 is 2.79 bits per heavy atom. The van der Waals surface area contributed by atoms with Crippen LogP contribution in [-0.2, 0) is 6.61 Å². The number of ketones is 1. The fourth-order valence-electron chi connectivity index (χ4n) is 2.88. The number of ether oxygens (including phenoxy) is 2. The van der Waals surface area contributed by atoms with Crippen molar-refractivity contribution < 1.29 is 18.7 Å². The molecule has 3 nitrogen and oxygen atoms in total. The summed E-state index contributed by atoms with van der Waals surface area (Å²) in [5.41, 5.74) is 1.12. The highest BCUT2D eigenvalue weighted by Crippen LogP contribution is 2.38. The van der Waals surface area contributed by atoms with Gasteiger partial charge in [0.25, 0.3) is 0 Å². The van der Waals surface area contributed by atoms with Crippen molar-refractivity contribution in [3.8, 4) is 11.5 Å². The predicted octanol–water partition coefficient (Wildman–Crippen LogP) is 5.11. The van der Waals surface area contributed by atoms with Crippen LogP contribution >= 0.6 is 11.6 Å². The van der Waals surface area contributed by atoms with Crippen LogP contribution in [0.1, 0.15) is 41.8 Å². The van der Waals surface area contributed by atoms with Crippen molar-refractivity contribution in [1.82, 2.24) is 0 Å². The molecule has 0 atom stereocenters. The summed E-state index contributed by atoms with van der Waals surface area (Å²) in [7, 11) is 0. The quantitative estimate of drug-likeness (QED) is 0.773. The lowest BCUT2D eigenvalue weighted by Gasteiger charge is -2.32. The van der Waals surface area contributed by atoms with Crippen molar-refractivity contribution in [2.45, 2.75) is 39.4 Å². The van der Waals surface area contributed by atoms with Gasteiger partial charge in [-0.3, -0.25) is 4.79 Å². The third-order valence-corrected chi connectivity index (χ3v) is 4.32. The summed E-state index contributed by atoms with van der Waals surface area (Å²) in [5.74, 6) is 0.661. The average Bonchev–Trinajstić information content (AvgIpc) is 2.44. The largest absolute Gasteiger partial charge is 0.489 e. The number of rotatable bonds is 3. The maximum atomic E-state index is 13.8. The van der Waals surface area contributed by atoms with E-state index in [0.29, 0.717) is 34.1 Å². The lowest BCUT2D eigenvalue weighted by molar-refractivity contribution is 0.0616. The van der Waals surface area contributed by atoms with Crippen molar-refractivity contribution in [2.75, 3.05) is 0 Å². The number of benzene rings is 2. The van der Waals surface area contributed by atoms with Gasteiger partial charge in [0, 0.05) is 11.6 Å². The van der Waals surface area contributed by atoms with Crippen LogP contribution in [0.25, 0.3) is 0 Å². The normalized spacial score (nSPS) is 15.6. The van der Waals surface area contributed by atoms with Gasteiger partial charge in [0.15, 0.2) is 5.78 Å². The summed E-state index contributed by atoms with van der Waals surface area (Å²) in [4.78, 5) is 12.3. The van der Waals surface area contributed by atoms with Crippen LogP contribution in [0.3, 0.4) is 0 Å². The van der Waals surface area contributed by atoms with Crippen LogP contribution in [-0.4, -0.2) is 11.4 Å². The van der Waals surface area contributed by atoms with Crippen LogP contribution in [0.4, 0.5) is 4.39 Å². The summed E-state index contributed by atoms with van der Waals surface area (Å²) in [6.07, 6.45) is 0.339. The number of carbonyl (C=O) groups excluding carboxylic acids is 1. The molecule has 0 saturated heterocycles. The second-order valence-electron chi connectivity index (χ2n) is 6.56. The highest BCUT2D eigenvalue weighted by molar-refractivity contribution is 6.31. The van der Waals surface area contributed by atoms with Gasteiger partial charge in [-0.25, -0.2) is 4.39 Å². The molecule has 0 aromatic heterocycles. The molecule has 0 saturated carbocycles. The predicted molar refractivity (Wildman–Crippen MR) is 90.6 cm³/mol. The highest BCUT2D eigenvalue weighted by Gasteiger charge is 2.33. The van der Waals surface area contributed by atoms with E-state index in [1.807, 2.05) is 20.8 Å². The molecule has 2 aromatic carbocycles. The van der Waals surface area contributed by atoms with Gasteiger partial charge in [0.2, 0.25) is 0 Å². The third kappa shape index (κ3) is 3.24. The fourth-order valence-corrected chi connectivity index (χ4v) is 3.10. The molecule has 2 aromatic rings. The average molecular weight is 349 g/mol. The number of aryl methyl sites for hydroxylation is 1. The Balaban J connectivity index is 1.88. The SMILES string of the molecule is Cc1cc(OCc2c(F)cccc2Cl)cc2c1C(=O)CC(C)(C)O2. The molecule has 0 amide bonds. The van der Waals surface area contributed by atoms with Gasteiger partial charge in [0.1, 0.15) is 29.5 Å². The number of Topliss-reactive ketones (excluding diaryl/α,β-unsaturated/α-hetero) is 1. The minimum absolute atomic E-state index is 0.00106. The Hall–Kier alpha value is -2.07. The van der Waals surface area contributed by atoms with Gasteiger partial charge in [-0.05, 0) is 44.5 Å². The molecular weight excluding hydrogens is 331 g/mol. The van der Waals surface area contributed by atoms with Crippen molar-refractivity contribution in [3.63, 3.8) is 0 Å². The number of carbonyl (C=O) groups is 1. The Bertz CT molecular complexity index is 794. The summed E-state index contributed by atoms with van der Waals surface area (Å²) >= 11 is 6.01. The second-order valence-corrected chi connectivity index (χ2v) is 6.97. The zero-order valence-corrected chi connectivity index (χ0v) is 14.5. The van der Waals surface area contributed by atoms with E-state index in [0.717, 1.165) is 5.56 Å². The smallest absolute Gasteiger partial charge is 0.170 e. The number of hydrogen-bond donors (Lipinski definition) is 0. The molecule has 1 aliphatic heterocycles. The van der Waals surface area contributed by atoms with Crippen molar-refractivity contribution in [1.29, 1.82) is 0 Å². The van der Waals surface area contributed by atoms with E-state index in [-0.39, 0.29) is 12.4 Å². The van der Waals surface area contributed by atoms with Gasteiger partial charge in [0.05, 0.1) is 17.0 Å². The standard InChI is InChI=1S/C19H18ClFO3/c1-11-7-12(23-10-13-14(20)5-4-6-15(13)21)8-17-18(11)16(22)9-19(2,3)24-17/h4-8H,9-10H2,1-3H3. The molecule has 0 spiro atoms. The summed E-state index contributed by atoms with van der Waals surface area (Å²) in [5, 5.41) is 0.317. The molecule has 0 radical (unpaired) electrons. The Morgan fingerprint density at radius 1 is 1.33 bits per heavy atom. The minimum Gasteiger partial charge on any atom is -0.489 e. The lowest BCUT2D eigenvalue weighted by Crippen LogP contribution is -2.36. The first-order valence-corrected chi connectivity index (χ1v) is 8.07. The number of fused-ring (bicyclic) bond motifs is 1. The van der Waals surface area contributed by atoms with Crippen LogP contribution in [0.2, 0.25) is 5.02 Å². The maximum absolute atomic E-state index is 13.8. The van der Waals surface area contributed by atoms with Gasteiger partial charge >= 0.3 is 0 Å². The zero-order chi connectivity index (χ0) is 17.5. The summed E-state index contributed by atoms with van der Waals surface area (Å²) in [6, 6.07) is 7.94. The molecule has 126 valence electrons. The molecule has 1 heterocycles. The van der Waals surface area contributed by atoms with Crippen LogP contribution in [0, 0.1) is 12.7 Å². The molecule has 3 rings (SSSR count). The van der Waals surface area contributed by atoms with E-state index in [1.54, 1.807) is 24.3 Å². The van der Waals surface area contributed by atoms with E-state index in [2.05, 4.69) is 0 Å². The number of hydrogen-bond acceptors (Lipinski definition) is 3. The first-order chi connectivity index (χ1) is 11.3. The maximum Gasteiger partial charge on any atom is 0.170 e. The topological polar surface area (TPSA) is 35.5 Å². The van der Waals surface area contributed by atoms with Gasteiger partial charge < -0.3 is 9.47 Å². The Morgan fingerprint density at radius 2 is 2.08 bits per heavy atom. The van der Waals surface area contributed by atoms with Crippen LogP contribution < -0.4 is 9.47 Å². The van der Waals surface area contributed by atoms with Crippen LogP contribution in [0.5, 0.6) is 11.5 Å². The number of halogens is 2. The first-order valence-electron chi connectivity index (χ1n) is 7.69. The fraction of sp³-hybridized carbons (Fsp3) is 0.316. The molecule has 0 fully saturated rings. The molecule has 24 heavy (non-hydrogen) atoms. The molecule has 0 bridgehead atoms. The van der Waals surface area contributed by atoms with Gasteiger partial charge in [-0.15, -0.1) is 0 Å². The zero-order valence-electron chi connectivity index (χ0n) is 13.8. The van der Waals surface area contributed by atoms with E-state index >= 15 is 0 Å².